The average Bonchev–Trinajstić information content (AvgIpc) is 3.45. The second-order valence-corrected chi connectivity index (χ2v) is 6.04. The number of hydrogen-bond acceptors (Lipinski definition) is 4. The highest BCUT2D eigenvalue weighted by molar-refractivity contribution is 5.95. The molecule has 5 nitrogen and oxygen atoms in total. The van der Waals surface area contributed by atoms with E-state index in [0.29, 0.717) is 23.2 Å². The highest BCUT2D eigenvalue weighted by atomic mass is 16.5. The Morgan fingerprint density at radius 2 is 1.92 bits per heavy atom. The number of amides is 1. The molecule has 1 heterocycles. The van der Waals surface area contributed by atoms with Crippen LogP contribution in [-0.4, -0.2) is 16.1 Å². The molecule has 3 aromatic rings. The molecule has 2 aromatic carbocycles. The van der Waals surface area contributed by atoms with Gasteiger partial charge in [-0.15, -0.1) is 5.10 Å². The number of benzene rings is 2. The first-order valence-electron chi connectivity index (χ1n) is 8.21. The molecule has 1 aliphatic rings. The molecule has 4 rings (SSSR count). The van der Waals surface area contributed by atoms with Crippen molar-refractivity contribution < 1.29 is 9.53 Å². The van der Waals surface area contributed by atoms with E-state index in [-0.39, 0.29) is 11.8 Å². The average molecular weight is 331 g/mol. The van der Waals surface area contributed by atoms with Crippen LogP contribution in [0.15, 0.2) is 72.9 Å². The van der Waals surface area contributed by atoms with Gasteiger partial charge in [0.15, 0.2) is 0 Å². The molecule has 2 atom stereocenters. The molecule has 1 saturated carbocycles. The maximum atomic E-state index is 12.5. The molecule has 0 aliphatic heterocycles. The summed E-state index contributed by atoms with van der Waals surface area (Å²) in [5.41, 5.74) is 1.94. The summed E-state index contributed by atoms with van der Waals surface area (Å²) < 4.78 is 5.64. The number of nitrogens with one attached hydrogen (secondary N) is 1. The number of aromatic nitrogens is 2. The fourth-order valence-corrected chi connectivity index (χ4v) is 2.89. The number of anilines is 1. The SMILES string of the molecule is O=C(Nc1cccc(Oc2cccnn2)c1)[C@@H]1C[C@H]1c1ccccc1. The molecule has 1 amide bonds. The third kappa shape index (κ3) is 3.66. The summed E-state index contributed by atoms with van der Waals surface area (Å²) in [4.78, 5) is 12.5. The first-order chi connectivity index (χ1) is 12.3. The smallest absolute Gasteiger partial charge is 0.238 e. The maximum Gasteiger partial charge on any atom is 0.238 e. The first-order valence-corrected chi connectivity index (χ1v) is 8.21. The van der Waals surface area contributed by atoms with Crippen molar-refractivity contribution in [3.05, 3.63) is 78.5 Å². The van der Waals surface area contributed by atoms with E-state index >= 15 is 0 Å². The van der Waals surface area contributed by atoms with E-state index in [4.69, 9.17) is 4.74 Å². The van der Waals surface area contributed by atoms with E-state index in [0.717, 1.165) is 6.42 Å². The van der Waals surface area contributed by atoms with Crippen molar-refractivity contribution in [3.8, 4) is 11.6 Å². The minimum atomic E-state index is 0.0342. The zero-order chi connectivity index (χ0) is 17.1. The van der Waals surface area contributed by atoms with Gasteiger partial charge in [-0.2, -0.15) is 5.10 Å². The monoisotopic (exact) mass is 331 g/mol. The third-order valence-corrected chi connectivity index (χ3v) is 4.23. The van der Waals surface area contributed by atoms with E-state index in [1.807, 2.05) is 36.4 Å². The Hall–Kier alpha value is -3.21. The van der Waals surface area contributed by atoms with Gasteiger partial charge in [0.05, 0.1) is 0 Å². The minimum Gasteiger partial charge on any atom is -0.437 e. The zero-order valence-electron chi connectivity index (χ0n) is 13.5. The standard InChI is InChI=1S/C20H17N3O2/c24-20(18-13-17(18)14-6-2-1-3-7-14)22-15-8-4-9-16(12-15)25-19-10-5-11-21-23-19/h1-12,17-18H,13H2,(H,22,24)/t17-,18+/m0/s1. The summed E-state index contributed by atoms with van der Waals surface area (Å²) in [6.45, 7) is 0. The molecule has 124 valence electrons. The van der Waals surface area contributed by atoms with E-state index in [1.54, 1.807) is 24.4 Å². The van der Waals surface area contributed by atoms with Gasteiger partial charge >= 0.3 is 0 Å². The molecule has 0 spiro atoms. The van der Waals surface area contributed by atoms with Gasteiger partial charge in [-0.3, -0.25) is 4.79 Å². The molecule has 1 fully saturated rings. The van der Waals surface area contributed by atoms with Crippen molar-refractivity contribution in [2.45, 2.75) is 12.3 Å². The van der Waals surface area contributed by atoms with Crippen molar-refractivity contribution in [2.75, 3.05) is 5.32 Å². The van der Waals surface area contributed by atoms with Crippen LogP contribution in [0.25, 0.3) is 0 Å². The van der Waals surface area contributed by atoms with Crippen LogP contribution in [0.3, 0.4) is 0 Å². The molecule has 0 radical (unpaired) electrons. The Balaban J connectivity index is 1.40. The summed E-state index contributed by atoms with van der Waals surface area (Å²) in [5, 5.41) is 10.6. The lowest BCUT2D eigenvalue weighted by Gasteiger charge is -2.08. The molecule has 5 heteroatoms. The molecule has 1 N–H and O–H groups in total. The molecule has 0 saturated heterocycles. The van der Waals surface area contributed by atoms with Crippen LogP contribution in [0.4, 0.5) is 5.69 Å². The van der Waals surface area contributed by atoms with Crippen LogP contribution < -0.4 is 10.1 Å². The molecule has 1 aliphatic carbocycles. The Labute approximate surface area is 145 Å². The third-order valence-electron chi connectivity index (χ3n) is 4.23. The summed E-state index contributed by atoms with van der Waals surface area (Å²) in [6.07, 6.45) is 2.48. The molecular formula is C20H17N3O2. The quantitative estimate of drug-likeness (QED) is 0.767. The molecule has 0 bridgehead atoms. The predicted octanol–water partition coefficient (Wildman–Crippen LogP) is 4.01. The molecular weight excluding hydrogens is 314 g/mol. The highest BCUT2D eigenvalue weighted by Gasteiger charge is 2.43. The van der Waals surface area contributed by atoms with Crippen molar-refractivity contribution in [2.24, 2.45) is 5.92 Å². The number of hydrogen-bond donors (Lipinski definition) is 1. The van der Waals surface area contributed by atoms with Crippen LogP contribution in [0.1, 0.15) is 17.9 Å². The van der Waals surface area contributed by atoms with Crippen LogP contribution in [-0.2, 0) is 4.79 Å². The van der Waals surface area contributed by atoms with E-state index in [2.05, 4.69) is 27.6 Å². The summed E-state index contributed by atoms with van der Waals surface area (Å²) in [6, 6.07) is 20.9. The lowest BCUT2D eigenvalue weighted by molar-refractivity contribution is -0.117. The Morgan fingerprint density at radius 3 is 2.72 bits per heavy atom. The largest absolute Gasteiger partial charge is 0.437 e. The van der Waals surface area contributed by atoms with Gasteiger partial charge in [0.1, 0.15) is 5.75 Å². The van der Waals surface area contributed by atoms with Gasteiger partial charge in [0.25, 0.3) is 0 Å². The van der Waals surface area contributed by atoms with Gasteiger partial charge in [0.2, 0.25) is 11.8 Å². The highest BCUT2D eigenvalue weighted by Crippen LogP contribution is 2.47. The number of carbonyl (C=O) groups is 1. The Kier molecular flexibility index (Phi) is 4.12. The summed E-state index contributed by atoms with van der Waals surface area (Å²) >= 11 is 0. The number of ether oxygens (including phenoxy) is 1. The molecule has 1 aromatic heterocycles. The van der Waals surface area contributed by atoms with Crippen LogP contribution >= 0.6 is 0 Å². The molecule has 0 unspecified atom stereocenters. The van der Waals surface area contributed by atoms with Crippen LogP contribution in [0.2, 0.25) is 0 Å². The lowest BCUT2D eigenvalue weighted by Crippen LogP contribution is -2.14. The van der Waals surface area contributed by atoms with Gasteiger partial charge in [-0.25, -0.2) is 0 Å². The number of rotatable bonds is 5. The van der Waals surface area contributed by atoms with Gasteiger partial charge in [-0.1, -0.05) is 36.4 Å². The summed E-state index contributed by atoms with van der Waals surface area (Å²) in [7, 11) is 0. The minimum absolute atomic E-state index is 0.0342. The fraction of sp³-hybridized carbons (Fsp3) is 0.150. The van der Waals surface area contributed by atoms with Gasteiger partial charge < -0.3 is 10.1 Å². The van der Waals surface area contributed by atoms with Crippen molar-refractivity contribution in [1.82, 2.24) is 10.2 Å². The maximum absolute atomic E-state index is 12.5. The predicted molar refractivity (Wildman–Crippen MR) is 94.5 cm³/mol. The van der Waals surface area contributed by atoms with E-state index in [9.17, 15) is 4.79 Å². The van der Waals surface area contributed by atoms with Crippen molar-refractivity contribution >= 4 is 11.6 Å². The normalized spacial score (nSPS) is 18.4. The van der Waals surface area contributed by atoms with E-state index < -0.39 is 0 Å². The van der Waals surface area contributed by atoms with Crippen molar-refractivity contribution in [1.29, 1.82) is 0 Å². The number of carbonyl (C=O) groups excluding carboxylic acids is 1. The fourth-order valence-electron chi connectivity index (χ4n) is 2.89. The van der Waals surface area contributed by atoms with Gasteiger partial charge in [-0.05, 0) is 36.1 Å². The van der Waals surface area contributed by atoms with Crippen molar-refractivity contribution in [3.63, 3.8) is 0 Å². The Morgan fingerprint density at radius 1 is 1.04 bits per heavy atom. The summed E-state index contributed by atoms with van der Waals surface area (Å²) in [5.74, 6) is 1.42. The zero-order valence-corrected chi connectivity index (χ0v) is 13.5. The second-order valence-electron chi connectivity index (χ2n) is 6.04. The topological polar surface area (TPSA) is 64.1 Å². The number of nitrogens with zero attached hydrogens (tertiary/aromatic N) is 2. The molecule has 25 heavy (non-hydrogen) atoms. The first kappa shape index (κ1) is 15.3. The van der Waals surface area contributed by atoms with Gasteiger partial charge in [0, 0.05) is 29.9 Å². The Bertz CT molecular complexity index is 868. The lowest BCUT2D eigenvalue weighted by atomic mass is 10.1. The second kappa shape index (κ2) is 6.73. The van der Waals surface area contributed by atoms with Crippen LogP contribution in [0.5, 0.6) is 11.6 Å². The van der Waals surface area contributed by atoms with E-state index in [1.165, 1.54) is 5.56 Å². The van der Waals surface area contributed by atoms with Crippen LogP contribution in [0, 0.1) is 5.92 Å².